The fourth-order valence-electron chi connectivity index (χ4n) is 4.04. The van der Waals surface area contributed by atoms with Gasteiger partial charge in [-0.3, -0.25) is 9.59 Å². The van der Waals surface area contributed by atoms with Crippen LogP contribution < -0.4 is 10.1 Å². The standard InChI is InChI=1S/C31H36Cl2N2O3/c1-21(2)23-14-16-24(17-15-23)38-20-29(36)35(19-25-26(32)12-9-13-27(25)33)28(30(37)34-31(3,4)5)18-22-10-7-6-8-11-22/h6-17,21,28H,18-20H2,1-5H3,(H,34,37)/t28-/m0/s1. The molecule has 0 saturated heterocycles. The van der Waals surface area contributed by atoms with Crippen molar-refractivity contribution < 1.29 is 14.3 Å². The molecule has 0 heterocycles. The van der Waals surface area contributed by atoms with Gasteiger partial charge in [-0.15, -0.1) is 0 Å². The van der Waals surface area contributed by atoms with Gasteiger partial charge in [0, 0.05) is 34.1 Å². The number of carbonyl (C=O) groups excluding carboxylic acids is 2. The summed E-state index contributed by atoms with van der Waals surface area (Å²) in [5.74, 6) is 0.358. The van der Waals surface area contributed by atoms with Crippen molar-refractivity contribution in [2.24, 2.45) is 0 Å². The fraction of sp³-hybridized carbons (Fsp3) is 0.355. The van der Waals surface area contributed by atoms with Gasteiger partial charge in [0.2, 0.25) is 5.91 Å². The van der Waals surface area contributed by atoms with Crippen LogP contribution in [-0.2, 0) is 22.6 Å². The number of nitrogens with zero attached hydrogens (tertiary/aromatic N) is 1. The van der Waals surface area contributed by atoms with Gasteiger partial charge < -0.3 is 15.0 Å². The van der Waals surface area contributed by atoms with Crippen LogP contribution in [0.4, 0.5) is 0 Å². The van der Waals surface area contributed by atoms with Crippen molar-refractivity contribution in [3.05, 3.63) is 99.5 Å². The van der Waals surface area contributed by atoms with Crippen molar-refractivity contribution in [3.8, 4) is 5.75 Å². The Bertz CT molecular complexity index is 1200. The molecule has 0 aliphatic heterocycles. The number of ether oxygens (including phenoxy) is 1. The number of halogens is 2. The maximum atomic E-state index is 13.8. The highest BCUT2D eigenvalue weighted by atomic mass is 35.5. The Hall–Kier alpha value is -3.02. The number of benzene rings is 3. The van der Waals surface area contributed by atoms with E-state index in [2.05, 4.69) is 19.2 Å². The molecule has 5 nitrogen and oxygen atoms in total. The first-order valence-electron chi connectivity index (χ1n) is 12.8. The number of nitrogens with one attached hydrogen (secondary N) is 1. The topological polar surface area (TPSA) is 58.6 Å². The minimum absolute atomic E-state index is 0.0576. The van der Waals surface area contributed by atoms with Crippen LogP contribution in [0.5, 0.6) is 5.75 Å². The van der Waals surface area contributed by atoms with Crippen LogP contribution in [0.15, 0.2) is 72.8 Å². The first-order valence-corrected chi connectivity index (χ1v) is 13.5. The van der Waals surface area contributed by atoms with Crippen LogP contribution in [0.2, 0.25) is 10.0 Å². The highest BCUT2D eigenvalue weighted by Gasteiger charge is 2.33. The summed E-state index contributed by atoms with van der Waals surface area (Å²) in [4.78, 5) is 28.9. The molecule has 0 unspecified atom stereocenters. The number of rotatable bonds is 10. The summed E-state index contributed by atoms with van der Waals surface area (Å²) in [5.41, 5.74) is 2.19. The van der Waals surface area contributed by atoms with Crippen molar-refractivity contribution in [1.29, 1.82) is 0 Å². The van der Waals surface area contributed by atoms with Gasteiger partial charge in [0.1, 0.15) is 11.8 Å². The molecule has 38 heavy (non-hydrogen) atoms. The number of hydrogen-bond donors (Lipinski definition) is 1. The summed E-state index contributed by atoms with van der Waals surface area (Å²) in [6.45, 7) is 9.78. The Morgan fingerprint density at radius 1 is 0.895 bits per heavy atom. The monoisotopic (exact) mass is 554 g/mol. The minimum Gasteiger partial charge on any atom is -0.484 e. The van der Waals surface area contributed by atoms with E-state index in [-0.39, 0.29) is 25.0 Å². The maximum Gasteiger partial charge on any atom is 0.261 e. The second kappa shape index (κ2) is 13.2. The average Bonchev–Trinajstić information content (AvgIpc) is 2.86. The Morgan fingerprint density at radius 2 is 1.50 bits per heavy atom. The van der Waals surface area contributed by atoms with Crippen LogP contribution >= 0.6 is 23.2 Å². The van der Waals surface area contributed by atoms with E-state index < -0.39 is 11.6 Å². The van der Waals surface area contributed by atoms with E-state index in [0.29, 0.717) is 33.7 Å². The molecule has 2 amide bonds. The highest BCUT2D eigenvalue weighted by Crippen LogP contribution is 2.27. The van der Waals surface area contributed by atoms with E-state index in [1.807, 2.05) is 75.4 Å². The number of carbonyl (C=O) groups is 2. The quantitative estimate of drug-likeness (QED) is 0.292. The molecule has 202 valence electrons. The van der Waals surface area contributed by atoms with Gasteiger partial charge in [0.25, 0.3) is 5.91 Å². The molecule has 0 spiro atoms. The Labute approximate surface area is 236 Å². The Morgan fingerprint density at radius 3 is 2.05 bits per heavy atom. The van der Waals surface area contributed by atoms with Gasteiger partial charge in [-0.25, -0.2) is 0 Å². The van der Waals surface area contributed by atoms with E-state index in [1.165, 1.54) is 10.5 Å². The molecule has 0 aromatic heterocycles. The number of amides is 2. The molecule has 0 aliphatic rings. The van der Waals surface area contributed by atoms with Gasteiger partial charge in [0.05, 0.1) is 0 Å². The summed E-state index contributed by atoms with van der Waals surface area (Å²) < 4.78 is 5.87. The molecule has 3 aromatic carbocycles. The molecular formula is C31H36Cl2N2O3. The van der Waals surface area contributed by atoms with Gasteiger partial charge in [-0.05, 0) is 62.1 Å². The van der Waals surface area contributed by atoms with E-state index in [0.717, 1.165) is 5.56 Å². The van der Waals surface area contributed by atoms with Crippen LogP contribution in [0.3, 0.4) is 0 Å². The van der Waals surface area contributed by atoms with Crippen LogP contribution in [-0.4, -0.2) is 34.9 Å². The first kappa shape index (κ1) is 29.5. The lowest BCUT2D eigenvalue weighted by Crippen LogP contribution is -2.55. The van der Waals surface area contributed by atoms with E-state index in [1.54, 1.807) is 18.2 Å². The van der Waals surface area contributed by atoms with Crippen LogP contribution in [0.25, 0.3) is 0 Å². The molecule has 1 atom stereocenters. The largest absolute Gasteiger partial charge is 0.484 e. The summed E-state index contributed by atoms with van der Waals surface area (Å²) in [5, 5.41) is 3.89. The summed E-state index contributed by atoms with van der Waals surface area (Å²) in [6.07, 6.45) is 0.319. The fourth-order valence-corrected chi connectivity index (χ4v) is 4.55. The summed E-state index contributed by atoms with van der Waals surface area (Å²) in [7, 11) is 0. The van der Waals surface area contributed by atoms with Gasteiger partial charge >= 0.3 is 0 Å². The van der Waals surface area contributed by atoms with Gasteiger partial charge in [-0.1, -0.05) is 85.6 Å². The lowest BCUT2D eigenvalue weighted by atomic mass is 10.0. The van der Waals surface area contributed by atoms with Crippen molar-refractivity contribution in [3.63, 3.8) is 0 Å². The first-order chi connectivity index (χ1) is 17.9. The highest BCUT2D eigenvalue weighted by molar-refractivity contribution is 6.36. The molecule has 0 saturated carbocycles. The third-order valence-electron chi connectivity index (χ3n) is 6.07. The van der Waals surface area contributed by atoms with Crippen LogP contribution in [0, 0.1) is 0 Å². The lowest BCUT2D eigenvalue weighted by Gasteiger charge is -2.34. The molecule has 7 heteroatoms. The Balaban J connectivity index is 1.95. The van der Waals surface area contributed by atoms with E-state index >= 15 is 0 Å². The zero-order chi connectivity index (χ0) is 27.9. The molecule has 1 N–H and O–H groups in total. The number of hydrogen-bond acceptors (Lipinski definition) is 3. The van der Waals surface area contributed by atoms with Crippen molar-refractivity contribution in [1.82, 2.24) is 10.2 Å². The lowest BCUT2D eigenvalue weighted by molar-refractivity contribution is -0.143. The van der Waals surface area contributed by atoms with Gasteiger partial charge in [0.15, 0.2) is 6.61 Å². The predicted octanol–water partition coefficient (Wildman–Crippen LogP) is 7.05. The molecule has 3 aromatic rings. The summed E-state index contributed by atoms with van der Waals surface area (Å²) >= 11 is 13.0. The third-order valence-corrected chi connectivity index (χ3v) is 6.78. The predicted molar refractivity (Wildman–Crippen MR) is 155 cm³/mol. The summed E-state index contributed by atoms with van der Waals surface area (Å²) in [6, 6.07) is 21.7. The minimum atomic E-state index is -0.816. The molecule has 0 radical (unpaired) electrons. The maximum absolute atomic E-state index is 13.8. The second-order valence-corrected chi connectivity index (χ2v) is 11.5. The normalized spacial score (nSPS) is 12.2. The molecule has 0 aliphatic carbocycles. The SMILES string of the molecule is CC(C)c1ccc(OCC(=O)N(Cc2c(Cl)cccc2Cl)[C@@H](Cc2ccccc2)C(=O)NC(C)(C)C)cc1. The van der Waals surface area contributed by atoms with Crippen molar-refractivity contribution >= 4 is 35.0 Å². The Kier molecular flexibility index (Phi) is 10.2. The molecular weight excluding hydrogens is 519 g/mol. The van der Waals surface area contributed by atoms with Crippen LogP contribution in [0.1, 0.15) is 57.2 Å². The van der Waals surface area contributed by atoms with Crippen molar-refractivity contribution in [2.75, 3.05) is 6.61 Å². The smallest absolute Gasteiger partial charge is 0.261 e. The third kappa shape index (κ3) is 8.50. The molecule has 0 bridgehead atoms. The van der Waals surface area contributed by atoms with E-state index in [9.17, 15) is 9.59 Å². The van der Waals surface area contributed by atoms with E-state index in [4.69, 9.17) is 27.9 Å². The zero-order valence-electron chi connectivity index (χ0n) is 22.6. The van der Waals surface area contributed by atoms with Crippen molar-refractivity contribution in [2.45, 2.75) is 65.1 Å². The zero-order valence-corrected chi connectivity index (χ0v) is 24.1. The average molecular weight is 556 g/mol. The second-order valence-electron chi connectivity index (χ2n) is 10.7. The molecule has 0 fully saturated rings. The molecule has 3 rings (SSSR count). The van der Waals surface area contributed by atoms with Gasteiger partial charge in [-0.2, -0.15) is 0 Å².